The van der Waals surface area contributed by atoms with Gasteiger partial charge in [0.25, 0.3) is 0 Å². The minimum absolute atomic E-state index is 0.523. The second-order valence-electron chi connectivity index (χ2n) is 3.94. The number of hydrogen-bond acceptors (Lipinski definition) is 5. The Bertz CT molecular complexity index is 498. The number of nitrogen functional groups attached to an aromatic ring is 1. The van der Waals surface area contributed by atoms with Gasteiger partial charge in [-0.15, -0.1) is 0 Å². The molecule has 0 spiro atoms. The van der Waals surface area contributed by atoms with E-state index >= 15 is 0 Å². The van der Waals surface area contributed by atoms with Gasteiger partial charge in [0.15, 0.2) is 0 Å². The summed E-state index contributed by atoms with van der Waals surface area (Å²) in [7, 11) is 1.66. The van der Waals surface area contributed by atoms with Gasteiger partial charge in [0.2, 0.25) is 5.95 Å². The van der Waals surface area contributed by atoms with Gasteiger partial charge in [0.1, 0.15) is 5.52 Å². The molecule has 0 radical (unpaired) electrons. The van der Waals surface area contributed by atoms with E-state index in [4.69, 9.17) is 15.2 Å². The predicted molar refractivity (Wildman–Crippen MR) is 69.3 cm³/mol. The summed E-state index contributed by atoms with van der Waals surface area (Å²) in [5.74, 6) is 0.523. The molecule has 2 aromatic rings. The molecule has 0 unspecified atom stereocenters. The second kappa shape index (κ2) is 6.32. The number of methoxy groups -OCH3 is 1. The lowest BCUT2D eigenvalue weighted by Crippen LogP contribution is -2.08. The fourth-order valence-corrected chi connectivity index (χ4v) is 1.80. The van der Waals surface area contributed by atoms with E-state index in [9.17, 15) is 0 Å². The largest absolute Gasteiger partial charge is 0.382 e. The molecule has 0 aliphatic carbocycles. The number of hydrogen-bond donors (Lipinski definition) is 1. The molecule has 0 aliphatic rings. The van der Waals surface area contributed by atoms with Crippen LogP contribution in [0.15, 0.2) is 18.5 Å². The van der Waals surface area contributed by atoms with Gasteiger partial charge in [-0.3, -0.25) is 4.98 Å². The van der Waals surface area contributed by atoms with Gasteiger partial charge in [-0.2, -0.15) is 0 Å². The van der Waals surface area contributed by atoms with Crippen LogP contribution in [0, 0.1) is 0 Å². The summed E-state index contributed by atoms with van der Waals surface area (Å²) in [6.45, 7) is 2.73. The molecule has 6 heteroatoms. The quantitative estimate of drug-likeness (QED) is 0.744. The molecule has 2 N–H and O–H groups in total. The van der Waals surface area contributed by atoms with Crippen LogP contribution in [0.5, 0.6) is 0 Å². The third kappa shape index (κ3) is 2.96. The maximum Gasteiger partial charge on any atom is 0.201 e. The van der Waals surface area contributed by atoms with Crippen LogP contribution in [-0.2, 0) is 16.0 Å². The van der Waals surface area contributed by atoms with E-state index in [1.807, 2.05) is 10.6 Å². The molecule has 0 aromatic carbocycles. The van der Waals surface area contributed by atoms with Gasteiger partial charge in [-0.1, -0.05) is 0 Å². The average molecular weight is 250 g/mol. The molecule has 0 aliphatic heterocycles. The Labute approximate surface area is 106 Å². The summed E-state index contributed by atoms with van der Waals surface area (Å²) in [6.07, 6.45) is 4.36. The molecule has 2 aromatic heterocycles. The van der Waals surface area contributed by atoms with Crippen molar-refractivity contribution >= 4 is 17.0 Å². The van der Waals surface area contributed by atoms with E-state index in [1.165, 1.54) is 0 Å². The molecule has 0 bridgehead atoms. The maximum absolute atomic E-state index is 5.88. The summed E-state index contributed by atoms with van der Waals surface area (Å²) in [4.78, 5) is 8.29. The second-order valence-corrected chi connectivity index (χ2v) is 3.94. The minimum Gasteiger partial charge on any atom is -0.382 e. The zero-order valence-electron chi connectivity index (χ0n) is 10.5. The van der Waals surface area contributed by atoms with Crippen LogP contribution in [0.25, 0.3) is 11.0 Å². The normalized spacial score (nSPS) is 11.2. The maximum atomic E-state index is 5.88. The summed E-state index contributed by atoms with van der Waals surface area (Å²) >= 11 is 0. The Hall–Kier alpha value is -1.66. The molecule has 2 rings (SSSR count). The fourth-order valence-electron chi connectivity index (χ4n) is 1.80. The number of nitrogens with two attached hydrogens (primary N) is 1. The van der Waals surface area contributed by atoms with Crippen LogP contribution < -0.4 is 5.73 Å². The van der Waals surface area contributed by atoms with Crippen molar-refractivity contribution in [2.75, 3.05) is 32.7 Å². The van der Waals surface area contributed by atoms with Gasteiger partial charge in [-0.25, -0.2) is 4.98 Å². The number of fused-ring (bicyclic) bond motifs is 1. The SMILES string of the molecule is COCCOCCCn1c(N)nc2cnccc21. The first-order chi connectivity index (χ1) is 8.83. The first-order valence-electron chi connectivity index (χ1n) is 5.95. The van der Waals surface area contributed by atoms with E-state index < -0.39 is 0 Å². The van der Waals surface area contributed by atoms with Crippen molar-refractivity contribution < 1.29 is 9.47 Å². The van der Waals surface area contributed by atoms with Crippen molar-refractivity contribution in [1.29, 1.82) is 0 Å². The highest BCUT2D eigenvalue weighted by molar-refractivity contribution is 5.76. The van der Waals surface area contributed by atoms with Gasteiger partial charge >= 0.3 is 0 Å². The van der Waals surface area contributed by atoms with Crippen molar-refractivity contribution in [3.8, 4) is 0 Å². The van der Waals surface area contributed by atoms with Crippen LogP contribution in [0.2, 0.25) is 0 Å². The molecule has 0 fully saturated rings. The molecule has 0 atom stereocenters. The van der Waals surface area contributed by atoms with Crippen LogP contribution in [0.3, 0.4) is 0 Å². The van der Waals surface area contributed by atoms with Gasteiger partial charge in [-0.05, 0) is 12.5 Å². The molecule has 2 heterocycles. The summed E-state index contributed by atoms with van der Waals surface area (Å²) in [5, 5.41) is 0. The summed E-state index contributed by atoms with van der Waals surface area (Å²) in [5.41, 5.74) is 7.72. The third-order valence-electron chi connectivity index (χ3n) is 2.68. The topological polar surface area (TPSA) is 75.2 Å². The smallest absolute Gasteiger partial charge is 0.201 e. The monoisotopic (exact) mass is 250 g/mol. The van der Waals surface area contributed by atoms with E-state index in [-0.39, 0.29) is 0 Å². The highest BCUT2D eigenvalue weighted by atomic mass is 16.5. The zero-order valence-corrected chi connectivity index (χ0v) is 10.5. The Kier molecular flexibility index (Phi) is 4.49. The van der Waals surface area contributed by atoms with Crippen LogP contribution in [0.1, 0.15) is 6.42 Å². The van der Waals surface area contributed by atoms with Crippen molar-refractivity contribution in [3.63, 3.8) is 0 Å². The molecule has 98 valence electrons. The predicted octanol–water partition coefficient (Wildman–Crippen LogP) is 1.07. The molecule has 0 amide bonds. The van der Waals surface area contributed by atoms with Crippen molar-refractivity contribution in [1.82, 2.24) is 14.5 Å². The molecular weight excluding hydrogens is 232 g/mol. The van der Waals surface area contributed by atoms with E-state index in [2.05, 4.69) is 9.97 Å². The van der Waals surface area contributed by atoms with E-state index in [1.54, 1.807) is 19.5 Å². The number of ether oxygens (including phenoxy) is 2. The number of anilines is 1. The first kappa shape index (κ1) is 12.8. The standard InChI is InChI=1S/C12H18N4O2/c1-17-7-8-18-6-2-5-16-11-3-4-14-9-10(11)15-12(16)13/h3-4,9H,2,5-8H2,1H3,(H2,13,15). The van der Waals surface area contributed by atoms with Crippen LogP contribution in [0.4, 0.5) is 5.95 Å². The van der Waals surface area contributed by atoms with Crippen LogP contribution in [-0.4, -0.2) is 41.5 Å². The Balaban J connectivity index is 1.89. The fraction of sp³-hybridized carbons (Fsp3) is 0.500. The highest BCUT2D eigenvalue weighted by Gasteiger charge is 2.06. The number of nitrogens with zero attached hydrogens (tertiary/aromatic N) is 3. The number of aromatic nitrogens is 3. The lowest BCUT2D eigenvalue weighted by molar-refractivity contribution is 0.0682. The number of imidazole rings is 1. The summed E-state index contributed by atoms with van der Waals surface area (Å²) in [6, 6.07) is 1.92. The molecule has 0 saturated carbocycles. The summed E-state index contributed by atoms with van der Waals surface area (Å²) < 4.78 is 12.3. The first-order valence-corrected chi connectivity index (χ1v) is 5.95. The van der Waals surface area contributed by atoms with Crippen LogP contribution >= 0.6 is 0 Å². The highest BCUT2D eigenvalue weighted by Crippen LogP contribution is 2.16. The Morgan fingerprint density at radius 1 is 1.33 bits per heavy atom. The van der Waals surface area contributed by atoms with Gasteiger partial charge in [0.05, 0.1) is 24.9 Å². The lowest BCUT2D eigenvalue weighted by atomic mass is 10.4. The minimum atomic E-state index is 0.523. The van der Waals surface area contributed by atoms with Crippen molar-refractivity contribution in [2.24, 2.45) is 0 Å². The zero-order chi connectivity index (χ0) is 12.8. The van der Waals surface area contributed by atoms with Crippen molar-refractivity contribution in [3.05, 3.63) is 18.5 Å². The van der Waals surface area contributed by atoms with Gasteiger partial charge < -0.3 is 19.8 Å². The number of pyridine rings is 1. The lowest BCUT2D eigenvalue weighted by Gasteiger charge is -2.07. The Morgan fingerprint density at radius 3 is 3.06 bits per heavy atom. The van der Waals surface area contributed by atoms with Crippen molar-refractivity contribution in [2.45, 2.75) is 13.0 Å². The van der Waals surface area contributed by atoms with Gasteiger partial charge in [0, 0.05) is 26.5 Å². The number of rotatable bonds is 7. The average Bonchev–Trinajstić information content (AvgIpc) is 2.70. The molecule has 18 heavy (non-hydrogen) atoms. The molecule has 6 nitrogen and oxygen atoms in total. The number of aryl methyl sites for hydroxylation is 1. The molecule has 0 saturated heterocycles. The van der Waals surface area contributed by atoms with E-state index in [0.717, 1.165) is 24.0 Å². The van der Waals surface area contributed by atoms with E-state index in [0.29, 0.717) is 25.8 Å². The molecular formula is C12H18N4O2. The third-order valence-corrected chi connectivity index (χ3v) is 2.68. The Morgan fingerprint density at radius 2 is 2.22 bits per heavy atom.